The molecule has 0 N–H and O–H groups in total. The molecule has 2 aromatic carbocycles. The minimum Gasteiger partial charge on any atom is -0.201 e. The quantitative estimate of drug-likeness (QED) is 0.524. The van der Waals surface area contributed by atoms with Crippen LogP contribution in [0.4, 0.5) is 0 Å². The number of rotatable bonds is 1. The largest absolute Gasteiger partial charge is 0.212 e. The molecule has 4 rings (SSSR count). The Hall–Kier alpha value is -2.41. The lowest BCUT2D eigenvalue weighted by atomic mass is 9.81. The Labute approximate surface area is 159 Å². The van der Waals surface area contributed by atoms with Gasteiger partial charge in [-0.3, -0.25) is 0 Å². The summed E-state index contributed by atoms with van der Waals surface area (Å²) >= 11 is 0. The summed E-state index contributed by atoms with van der Waals surface area (Å²) in [5.74, 6) is 0. The van der Waals surface area contributed by atoms with Crippen molar-refractivity contribution in [2.75, 3.05) is 0 Å². The molecule has 126 valence electrons. The van der Waals surface area contributed by atoms with Crippen LogP contribution in [0.3, 0.4) is 0 Å². The van der Waals surface area contributed by atoms with Gasteiger partial charge in [0.15, 0.2) is 6.20 Å². The highest BCUT2D eigenvalue weighted by Crippen LogP contribution is 2.50. The molecule has 1 aliphatic carbocycles. The maximum absolute atomic E-state index is 7.78. The van der Waals surface area contributed by atoms with Crippen LogP contribution in [-0.4, -0.2) is 0 Å². The molecule has 0 bridgehead atoms. The first-order valence-corrected chi connectivity index (χ1v) is 8.52. The lowest BCUT2D eigenvalue weighted by Crippen LogP contribution is -2.31. The zero-order chi connectivity index (χ0) is 22.9. The third-order valence-corrected chi connectivity index (χ3v) is 5.43. The van der Waals surface area contributed by atoms with Gasteiger partial charge in [0.1, 0.15) is 7.05 Å². The Bertz CT molecular complexity index is 1200. The van der Waals surface area contributed by atoms with Crippen LogP contribution in [-0.2, 0) is 12.5 Å². The predicted molar refractivity (Wildman–Crippen MR) is 105 cm³/mol. The van der Waals surface area contributed by atoms with Gasteiger partial charge in [0, 0.05) is 30.8 Å². The lowest BCUT2D eigenvalue weighted by molar-refractivity contribution is -0.660. The highest BCUT2D eigenvalue weighted by Gasteiger charge is 2.36. The molecule has 0 radical (unpaired) electrons. The van der Waals surface area contributed by atoms with E-state index in [1.807, 2.05) is 30.7 Å². The second kappa shape index (κ2) is 5.29. The van der Waals surface area contributed by atoms with Crippen molar-refractivity contribution in [3.8, 4) is 22.4 Å². The van der Waals surface area contributed by atoms with Crippen molar-refractivity contribution < 1.29 is 12.8 Å². The first-order valence-electron chi connectivity index (χ1n) is 11.5. The van der Waals surface area contributed by atoms with E-state index in [2.05, 4.69) is 26.0 Å². The maximum Gasteiger partial charge on any atom is 0.212 e. The molecule has 0 saturated carbocycles. The van der Waals surface area contributed by atoms with Crippen LogP contribution >= 0.6 is 0 Å². The topological polar surface area (TPSA) is 3.88 Å². The number of benzene rings is 2. The minimum atomic E-state index is -2.15. The second-order valence-electron chi connectivity index (χ2n) is 7.51. The molecule has 25 heavy (non-hydrogen) atoms. The summed E-state index contributed by atoms with van der Waals surface area (Å²) in [5.41, 5.74) is 7.72. The van der Waals surface area contributed by atoms with Crippen molar-refractivity contribution >= 4 is 0 Å². The average molecular weight is 335 g/mol. The van der Waals surface area contributed by atoms with Gasteiger partial charge in [0.2, 0.25) is 5.69 Å². The summed E-state index contributed by atoms with van der Waals surface area (Å²) in [6.45, 7) is 2.06. The molecule has 0 unspecified atom stereocenters. The van der Waals surface area contributed by atoms with E-state index < -0.39 is 13.7 Å². The SMILES string of the molecule is [2H]C([2H])([2H])c1ccc2c(c1)-c1cc(C)c(-c3ccc(C([2H])([2H])[2H])c[n+]3C)cc1C2(C)C. The predicted octanol–water partition coefficient (Wildman–Crippen LogP) is 5.41. The van der Waals surface area contributed by atoms with Crippen molar-refractivity contribution in [1.29, 1.82) is 0 Å². The summed E-state index contributed by atoms with van der Waals surface area (Å²) in [5, 5.41) is 0. The number of aromatic nitrogens is 1. The molecule has 0 aliphatic heterocycles. The Morgan fingerprint density at radius 1 is 0.840 bits per heavy atom. The fraction of sp³-hybridized carbons (Fsp3) is 0.292. The third kappa shape index (κ3) is 2.33. The number of aryl methyl sites for hydroxylation is 4. The molecular weight excluding hydrogens is 302 g/mol. The fourth-order valence-electron chi connectivity index (χ4n) is 4.07. The molecule has 1 aromatic heterocycles. The Balaban J connectivity index is 1.90. The van der Waals surface area contributed by atoms with Crippen LogP contribution in [0.2, 0.25) is 0 Å². The van der Waals surface area contributed by atoms with Crippen LogP contribution in [0, 0.1) is 20.6 Å². The van der Waals surface area contributed by atoms with Gasteiger partial charge < -0.3 is 0 Å². The van der Waals surface area contributed by atoms with Gasteiger partial charge in [-0.1, -0.05) is 43.7 Å². The van der Waals surface area contributed by atoms with E-state index in [-0.39, 0.29) is 5.41 Å². The molecular formula is C24H26N+. The number of fused-ring (bicyclic) bond motifs is 3. The second-order valence-corrected chi connectivity index (χ2v) is 7.51. The van der Waals surface area contributed by atoms with Gasteiger partial charge in [-0.2, -0.15) is 0 Å². The third-order valence-electron chi connectivity index (χ3n) is 5.43. The van der Waals surface area contributed by atoms with Crippen LogP contribution in [0.25, 0.3) is 22.4 Å². The van der Waals surface area contributed by atoms with E-state index in [1.54, 1.807) is 24.4 Å². The molecule has 1 heteroatoms. The summed E-state index contributed by atoms with van der Waals surface area (Å²) in [7, 11) is 1.86. The Kier molecular flexibility index (Phi) is 2.23. The van der Waals surface area contributed by atoms with Crippen LogP contribution in [0.15, 0.2) is 48.7 Å². The van der Waals surface area contributed by atoms with Crippen LogP contribution < -0.4 is 4.57 Å². The number of nitrogens with zero attached hydrogens (tertiary/aromatic N) is 1. The van der Waals surface area contributed by atoms with E-state index in [0.29, 0.717) is 11.1 Å². The Morgan fingerprint density at radius 3 is 2.28 bits per heavy atom. The summed E-state index contributed by atoms with van der Waals surface area (Å²) in [4.78, 5) is 0. The summed E-state index contributed by atoms with van der Waals surface area (Å²) in [6.07, 6.45) is 1.66. The average Bonchev–Trinajstić information content (AvgIpc) is 2.86. The normalized spacial score (nSPS) is 18.9. The summed E-state index contributed by atoms with van der Waals surface area (Å²) < 4.78 is 48.2. The molecule has 0 atom stereocenters. The smallest absolute Gasteiger partial charge is 0.201 e. The van der Waals surface area contributed by atoms with Gasteiger partial charge >= 0.3 is 0 Å². The monoisotopic (exact) mass is 334 g/mol. The number of hydrogen-bond donors (Lipinski definition) is 0. The van der Waals surface area contributed by atoms with Gasteiger partial charge in [-0.05, 0) is 60.6 Å². The van der Waals surface area contributed by atoms with Crippen molar-refractivity contribution in [2.45, 2.75) is 39.9 Å². The minimum absolute atomic E-state index is 0.266. The highest BCUT2D eigenvalue weighted by molar-refractivity contribution is 5.84. The van der Waals surface area contributed by atoms with Gasteiger partial charge in [0.25, 0.3) is 0 Å². The first-order chi connectivity index (χ1) is 14.2. The molecule has 0 fully saturated rings. The van der Waals surface area contributed by atoms with E-state index in [9.17, 15) is 0 Å². The molecule has 1 aliphatic rings. The molecule has 0 saturated heterocycles. The van der Waals surface area contributed by atoms with E-state index in [1.165, 1.54) is 0 Å². The first kappa shape index (κ1) is 10.6. The number of pyridine rings is 1. The standard InChI is InChI=1S/C24H26N/c1-15-7-9-21-19(11-15)20-12-17(3)18(13-22(20)24(21,4)5)23-10-8-16(2)14-25(23)6/h7-14H,1-6H3/q+1/i1D3,2D3. The highest BCUT2D eigenvalue weighted by atomic mass is 14.9. The van der Waals surface area contributed by atoms with Crippen LogP contribution in [0.1, 0.15) is 49.9 Å². The van der Waals surface area contributed by atoms with E-state index in [0.717, 1.165) is 39.1 Å². The molecule has 0 spiro atoms. The molecule has 3 aromatic rings. The van der Waals surface area contributed by atoms with Crippen molar-refractivity contribution in [2.24, 2.45) is 7.05 Å². The fourth-order valence-corrected chi connectivity index (χ4v) is 4.07. The van der Waals surface area contributed by atoms with Gasteiger partial charge in [0.05, 0.1) is 0 Å². The van der Waals surface area contributed by atoms with Gasteiger partial charge in [-0.25, -0.2) is 4.57 Å². The van der Waals surface area contributed by atoms with Crippen molar-refractivity contribution in [3.63, 3.8) is 0 Å². The maximum atomic E-state index is 7.78. The molecule has 0 amide bonds. The van der Waals surface area contributed by atoms with E-state index >= 15 is 0 Å². The van der Waals surface area contributed by atoms with E-state index in [4.69, 9.17) is 8.22 Å². The molecule has 1 nitrogen and oxygen atoms in total. The Morgan fingerprint density at radius 2 is 1.56 bits per heavy atom. The zero-order valence-electron chi connectivity index (χ0n) is 21.1. The molecule has 1 heterocycles. The van der Waals surface area contributed by atoms with Crippen molar-refractivity contribution in [3.05, 3.63) is 76.5 Å². The number of hydrogen-bond acceptors (Lipinski definition) is 0. The van der Waals surface area contributed by atoms with Crippen LogP contribution in [0.5, 0.6) is 0 Å². The van der Waals surface area contributed by atoms with Crippen molar-refractivity contribution in [1.82, 2.24) is 0 Å². The van der Waals surface area contributed by atoms with Gasteiger partial charge in [-0.15, -0.1) is 0 Å². The lowest BCUT2D eigenvalue weighted by Gasteiger charge is -2.22. The zero-order valence-corrected chi connectivity index (χ0v) is 15.1. The summed E-state index contributed by atoms with van der Waals surface area (Å²) in [6, 6.07) is 13.3.